The van der Waals surface area contributed by atoms with Gasteiger partial charge < -0.3 is 14.4 Å². The smallest absolute Gasteiger partial charge is 0.236 e. The molecule has 27 heavy (non-hydrogen) atoms. The molecule has 3 aromatic rings. The number of amides is 1. The first-order chi connectivity index (χ1) is 13.1. The Balaban J connectivity index is 1.33. The molecule has 0 bridgehead atoms. The molecule has 0 N–H and O–H groups in total. The molecule has 0 atom stereocenters. The SMILES string of the molecule is CN(CC(=O)N(C)Cc1nc2ccccc2s1)Cc1ccc2c(c1)OCO2. The normalized spacial score (nSPS) is 12.7. The average Bonchev–Trinajstić information content (AvgIpc) is 3.26. The predicted octanol–water partition coefficient (Wildman–Crippen LogP) is 3.12. The van der Waals surface area contributed by atoms with Crippen molar-refractivity contribution in [2.45, 2.75) is 13.1 Å². The maximum atomic E-state index is 12.6. The van der Waals surface area contributed by atoms with Crippen LogP contribution in [-0.4, -0.2) is 48.1 Å². The fourth-order valence-electron chi connectivity index (χ4n) is 3.04. The van der Waals surface area contributed by atoms with Gasteiger partial charge in [-0.05, 0) is 36.9 Å². The second kappa shape index (κ2) is 7.54. The highest BCUT2D eigenvalue weighted by atomic mass is 32.1. The van der Waals surface area contributed by atoms with Gasteiger partial charge in [0.15, 0.2) is 11.5 Å². The third-order valence-corrected chi connectivity index (χ3v) is 5.45. The van der Waals surface area contributed by atoms with Gasteiger partial charge in [-0.25, -0.2) is 4.98 Å². The molecular weight excluding hydrogens is 362 g/mol. The topological polar surface area (TPSA) is 54.9 Å². The standard InChI is InChI=1S/C20H21N3O3S/c1-22(10-14-7-8-16-17(9-14)26-13-25-16)12-20(24)23(2)11-19-21-15-5-3-4-6-18(15)27-19/h3-9H,10-13H2,1-2H3. The van der Waals surface area contributed by atoms with Crippen molar-refractivity contribution in [3.05, 3.63) is 53.0 Å². The van der Waals surface area contributed by atoms with Gasteiger partial charge in [0.25, 0.3) is 0 Å². The second-order valence-electron chi connectivity index (χ2n) is 6.69. The van der Waals surface area contributed by atoms with Crippen LogP contribution in [0.3, 0.4) is 0 Å². The fourth-order valence-corrected chi connectivity index (χ4v) is 4.06. The number of para-hydroxylation sites is 1. The Morgan fingerprint density at radius 2 is 1.93 bits per heavy atom. The van der Waals surface area contributed by atoms with E-state index in [9.17, 15) is 4.79 Å². The number of ether oxygens (including phenoxy) is 2. The van der Waals surface area contributed by atoms with E-state index >= 15 is 0 Å². The molecule has 0 fully saturated rings. The Morgan fingerprint density at radius 1 is 1.11 bits per heavy atom. The summed E-state index contributed by atoms with van der Waals surface area (Å²) in [5.41, 5.74) is 2.07. The molecule has 0 aliphatic carbocycles. The van der Waals surface area contributed by atoms with Gasteiger partial charge in [0.05, 0.1) is 23.3 Å². The molecule has 7 heteroatoms. The summed E-state index contributed by atoms with van der Waals surface area (Å²) in [7, 11) is 3.76. The van der Waals surface area contributed by atoms with Crippen LogP contribution in [0.25, 0.3) is 10.2 Å². The van der Waals surface area contributed by atoms with Gasteiger partial charge in [0.1, 0.15) is 5.01 Å². The van der Waals surface area contributed by atoms with Crippen molar-refractivity contribution in [1.82, 2.24) is 14.8 Å². The summed E-state index contributed by atoms with van der Waals surface area (Å²) in [6.07, 6.45) is 0. The number of thiazole rings is 1. The van der Waals surface area contributed by atoms with Crippen LogP contribution in [0.15, 0.2) is 42.5 Å². The van der Waals surface area contributed by atoms with Crippen molar-refractivity contribution in [2.75, 3.05) is 27.4 Å². The number of hydrogen-bond donors (Lipinski definition) is 0. The fraction of sp³-hybridized carbons (Fsp3) is 0.300. The van der Waals surface area contributed by atoms with E-state index in [4.69, 9.17) is 9.47 Å². The molecule has 4 rings (SSSR count). The van der Waals surface area contributed by atoms with Gasteiger partial charge >= 0.3 is 0 Å². The number of nitrogens with zero attached hydrogens (tertiary/aromatic N) is 3. The minimum atomic E-state index is 0.0671. The van der Waals surface area contributed by atoms with Gasteiger partial charge in [0.2, 0.25) is 12.7 Å². The maximum absolute atomic E-state index is 12.6. The summed E-state index contributed by atoms with van der Waals surface area (Å²) in [5, 5.41) is 0.950. The number of hydrogen-bond acceptors (Lipinski definition) is 6. The molecule has 0 unspecified atom stereocenters. The van der Waals surface area contributed by atoms with Gasteiger partial charge in [0, 0.05) is 13.6 Å². The minimum Gasteiger partial charge on any atom is -0.454 e. The average molecular weight is 383 g/mol. The largest absolute Gasteiger partial charge is 0.454 e. The van der Waals surface area contributed by atoms with Gasteiger partial charge in [-0.2, -0.15) is 0 Å². The van der Waals surface area contributed by atoms with Crippen molar-refractivity contribution in [1.29, 1.82) is 0 Å². The van der Waals surface area contributed by atoms with Crippen LogP contribution >= 0.6 is 11.3 Å². The molecule has 2 heterocycles. The first-order valence-electron chi connectivity index (χ1n) is 8.74. The third-order valence-electron chi connectivity index (χ3n) is 4.43. The van der Waals surface area contributed by atoms with Gasteiger partial charge in [-0.1, -0.05) is 18.2 Å². The second-order valence-corrected chi connectivity index (χ2v) is 7.80. The zero-order valence-corrected chi connectivity index (χ0v) is 16.2. The van der Waals surface area contributed by atoms with E-state index in [0.29, 0.717) is 19.6 Å². The monoisotopic (exact) mass is 383 g/mol. The van der Waals surface area contributed by atoms with E-state index in [1.807, 2.05) is 55.4 Å². The molecule has 0 saturated heterocycles. The molecule has 140 valence electrons. The first kappa shape index (κ1) is 17.8. The number of carbonyl (C=O) groups excluding carboxylic acids is 1. The summed E-state index contributed by atoms with van der Waals surface area (Å²) in [6.45, 7) is 1.80. The number of fused-ring (bicyclic) bond motifs is 2. The number of rotatable bonds is 6. The molecule has 1 aromatic heterocycles. The third kappa shape index (κ3) is 4.04. The molecular formula is C20H21N3O3S. The van der Waals surface area contributed by atoms with E-state index in [-0.39, 0.29) is 12.7 Å². The molecule has 1 amide bonds. The molecule has 2 aromatic carbocycles. The number of likely N-dealkylation sites (N-methyl/N-ethyl adjacent to an activating group) is 2. The summed E-state index contributed by atoms with van der Waals surface area (Å²) in [6, 6.07) is 13.9. The van der Waals surface area contributed by atoms with Gasteiger partial charge in [-0.3, -0.25) is 9.69 Å². The molecule has 0 radical (unpaired) electrons. The Hall–Kier alpha value is -2.64. The van der Waals surface area contributed by atoms with E-state index in [0.717, 1.165) is 32.3 Å². The highest BCUT2D eigenvalue weighted by molar-refractivity contribution is 7.18. The quantitative estimate of drug-likeness (QED) is 0.655. The van der Waals surface area contributed by atoms with Crippen LogP contribution in [0.2, 0.25) is 0 Å². The van der Waals surface area contributed by atoms with Crippen LogP contribution < -0.4 is 9.47 Å². The molecule has 1 aliphatic rings. The lowest BCUT2D eigenvalue weighted by molar-refractivity contribution is -0.131. The lowest BCUT2D eigenvalue weighted by Crippen LogP contribution is -2.36. The van der Waals surface area contributed by atoms with E-state index in [2.05, 4.69) is 11.1 Å². The zero-order valence-electron chi connectivity index (χ0n) is 15.3. The lowest BCUT2D eigenvalue weighted by atomic mass is 10.2. The highest BCUT2D eigenvalue weighted by Gasteiger charge is 2.17. The minimum absolute atomic E-state index is 0.0671. The van der Waals surface area contributed by atoms with Crippen LogP contribution in [0.5, 0.6) is 11.5 Å². The Kier molecular flexibility index (Phi) is 4.96. The summed E-state index contributed by atoms with van der Waals surface area (Å²) < 4.78 is 11.9. The lowest BCUT2D eigenvalue weighted by Gasteiger charge is -2.21. The van der Waals surface area contributed by atoms with Crippen molar-refractivity contribution in [2.24, 2.45) is 0 Å². The van der Waals surface area contributed by atoms with Crippen molar-refractivity contribution in [3.8, 4) is 11.5 Å². The molecule has 0 spiro atoms. The number of aromatic nitrogens is 1. The van der Waals surface area contributed by atoms with Crippen molar-refractivity contribution >= 4 is 27.5 Å². The summed E-state index contributed by atoms with van der Waals surface area (Å²) in [4.78, 5) is 20.9. The van der Waals surface area contributed by atoms with E-state index in [1.165, 1.54) is 0 Å². The van der Waals surface area contributed by atoms with E-state index in [1.54, 1.807) is 16.2 Å². The highest BCUT2D eigenvalue weighted by Crippen LogP contribution is 2.32. The van der Waals surface area contributed by atoms with Gasteiger partial charge in [-0.15, -0.1) is 11.3 Å². The number of benzene rings is 2. The molecule has 6 nitrogen and oxygen atoms in total. The van der Waals surface area contributed by atoms with Crippen LogP contribution in [0, 0.1) is 0 Å². The van der Waals surface area contributed by atoms with Crippen molar-refractivity contribution < 1.29 is 14.3 Å². The summed E-state index contributed by atoms with van der Waals surface area (Å²) >= 11 is 1.63. The van der Waals surface area contributed by atoms with Crippen LogP contribution in [-0.2, 0) is 17.9 Å². The zero-order chi connectivity index (χ0) is 18.8. The van der Waals surface area contributed by atoms with Crippen LogP contribution in [0.4, 0.5) is 0 Å². The maximum Gasteiger partial charge on any atom is 0.236 e. The van der Waals surface area contributed by atoms with Crippen LogP contribution in [0.1, 0.15) is 10.6 Å². The Labute approximate surface area is 161 Å². The molecule has 0 saturated carbocycles. The Bertz CT molecular complexity index is 939. The first-order valence-corrected chi connectivity index (χ1v) is 9.55. The Morgan fingerprint density at radius 3 is 2.78 bits per heavy atom. The molecule has 1 aliphatic heterocycles. The van der Waals surface area contributed by atoms with Crippen molar-refractivity contribution in [3.63, 3.8) is 0 Å². The summed E-state index contributed by atoms with van der Waals surface area (Å²) in [5.74, 6) is 1.60. The van der Waals surface area contributed by atoms with E-state index < -0.39 is 0 Å². The number of carbonyl (C=O) groups is 1. The predicted molar refractivity (Wildman–Crippen MR) is 105 cm³/mol.